The fourth-order valence-electron chi connectivity index (χ4n) is 3.90. The Balaban J connectivity index is 1.71. The maximum absolute atomic E-state index is 13.3. The number of hydrogen-bond donors (Lipinski definition) is 0. The molecule has 1 amide bonds. The number of amides is 1. The quantitative estimate of drug-likeness (QED) is 0.697. The summed E-state index contributed by atoms with van der Waals surface area (Å²) in [5.41, 5.74) is 2.73. The van der Waals surface area contributed by atoms with Crippen LogP contribution >= 0.6 is 12.2 Å². The lowest BCUT2D eigenvalue weighted by atomic mass is 9.94. The smallest absolute Gasteiger partial charge is 0.256 e. The Morgan fingerprint density at radius 2 is 1.55 bits per heavy atom. The number of benzene rings is 2. The van der Waals surface area contributed by atoms with E-state index < -0.39 is 0 Å². The first-order valence-electron chi connectivity index (χ1n) is 9.12. The average molecular weight is 414 g/mol. The monoisotopic (exact) mass is 414 g/mol. The van der Waals surface area contributed by atoms with Crippen molar-refractivity contribution in [3.8, 4) is 23.0 Å². The highest BCUT2D eigenvalue weighted by atomic mass is 32.1. The average Bonchev–Trinajstić information content (AvgIpc) is 2.99. The van der Waals surface area contributed by atoms with Crippen LogP contribution in [0.2, 0.25) is 0 Å². The van der Waals surface area contributed by atoms with Gasteiger partial charge in [-0.25, -0.2) is 0 Å². The van der Waals surface area contributed by atoms with Crippen LogP contribution in [0, 0.1) is 0 Å². The predicted octanol–water partition coefficient (Wildman–Crippen LogP) is 2.78. The standard InChI is InChI=1S/C21H22N2O5S/c1-25-14-5-6-15(17(10-14)26-2)23-20(24)16-7-12-8-18(27-3)19(28-4)9-13(12)11-22(16)21(23)29/h5-6,8-10,16H,7,11H2,1-4H3/t16-/m0/s1. The third kappa shape index (κ3) is 3.04. The van der Waals surface area contributed by atoms with Crippen molar-refractivity contribution in [2.45, 2.75) is 19.0 Å². The van der Waals surface area contributed by atoms with Gasteiger partial charge in [-0.3, -0.25) is 9.69 Å². The second kappa shape index (κ2) is 7.44. The van der Waals surface area contributed by atoms with Gasteiger partial charge in [-0.05, 0) is 47.6 Å². The lowest BCUT2D eigenvalue weighted by Gasteiger charge is -2.31. The van der Waals surface area contributed by atoms with E-state index in [1.54, 1.807) is 51.5 Å². The van der Waals surface area contributed by atoms with Gasteiger partial charge in [-0.2, -0.15) is 0 Å². The van der Waals surface area contributed by atoms with Crippen molar-refractivity contribution in [2.75, 3.05) is 33.3 Å². The van der Waals surface area contributed by atoms with E-state index in [9.17, 15) is 4.79 Å². The van der Waals surface area contributed by atoms with Crippen LogP contribution in [-0.2, 0) is 17.8 Å². The number of carbonyl (C=O) groups is 1. The molecule has 0 unspecified atom stereocenters. The zero-order valence-corrected chi connectivity index (χ0v) is 17.5. The lowest BCUT2D eigenvalue weighted by molar-refractivity contribution is -0.120. The largest absolute Gasteiger partial charge is 0.497 e. The molecule has 4 rings (SSSR count). The van der Waals surface area contributed by atoms with Gasteiger partial charge in [0.25, 0.3) is 5.91 Å². The SMILES string of the molecule is COc1ccc(N2C(=O)[C@@H]3Cc4cc(OC)c(OC)cc4CN3C2=S)c(OC)c1. The molecule has 0 bridgehead atoms. The summed E-state index contributed by atoms with van der Waals surface area (Å²) in [4.78, 5) is 16.8. The number of methoxy groups -OCH3 is 4. The van der Waals surface area contributed by atoms with Crippen molar-refractivity contribution < 1.29 is 23.7 Å². The summed E-state index contributed by atoms with van der Waals surface area (Å²) in [6.07, 6.45) is 0.545. The third-order valence-corrected chi connectivity index (χ3v) is 5.82. The van der Waals surface area contributed by atoms with Crippen LogP contribution in [0.25, 0.3) is 0 Å². The summed E-state index contributed by atoms with van der Waals surface area (Å²) in [5, 5.41) is 0.462. The Hall–Kier alpha value is -3.00. The molecule has 2 aromatic carbocycles. The Morgan fingerprint density at radius 1 is 0.897 bits per heavy atom. The Bertz CT molecular complexity index is 942. The molecule has 2 heterocycles. The molecule has 2 aliphatic rings. The molecular weight excluding hydrogens is 392 g/mol. The van der Waals surface area contributed by atoms with Gasteiger partial charge in [0.2, 0.25) is 0 Å². The van der Waals surface area contributed by atoms with E-state index in [4.69, 9.17) is 31.2 Å². The highest BCUT2D eigenvalue weighted by molar-refractivity contribution is 7.80. The Kier molecular flexibility index (Phi) is 4.96. The van der Waals surface area contributed by atoms with Gasteiger partial charge in [0.1, 0.15) is 17.5 Å². The summed E-state index contributed by atoms with van der Waals surface area (Å²) in [6.45, 7) is 0.528. The van der Waals surface area contributed by atoms with Gasteiger partial charge in [-0.1, -0.05) is 0 Å². The van der Waals surface area contributed by atoms with Crippen LogP contribution in [0.15, 0.2) is 30.3 Å². The van der Waals surface area contributed by atoms with Gasteiger partial charge in [0.15, 0.2) is 16.6 Å². The molecule has 0 radical (unpaired) electrons. The van der Waals surface area contributed by atoms with E-state index >= 15 is 0 Å². The van der Waals surface area contributed by atoms with E-state index in [0.29, 0.717) is 46.8 Å². The number of carbonyl (C=O) groups excluding carboxylic acids is 1. The summed E-state index contributed by atoms with van der Waals surface area (Å²) in [7, 11) is 6.36. The van der Waals surface area contributed by atoms with Gasteiger partial charge in [0, 0.05) is 19.0 Å². The van der Waals surface area contributed by atoms with Gasteiger partial charge < -0.3 is 23.8 Å². The summed E-state index contributed by atoms with van der Waals surface area (Å²) in [5.74, 6) is 2.42. The first-order chi connectivity index (χ1) is 14.0. The topological polar surface area (TPSA) is 60.5 Å². The van der Waals surface area contributed by atoms with Crippen LogP contribution in [0.1, 0.15) is 11.1 Å². The van der Waals surface area contributed by atoms with Crippen molar-refractivity contribution >= 4 is 28.9 Å². The summed E-state index contributed by atoms with van der Waals surface area (Å²) >= 11 is 5.69. The van der Waals surface area contributed by atoms with Crippen molar-refractivity contribution in [3.05, 3.63) is 41.5 Å². The second-order valence-electron chi connectivity index (χ2n) is 6.82. The van der Waals surface area contributed by atoms with Crippen LogP contribution in [0.4, 0.5) is 5.69 Å². The number of nitrogens with zero attached hydrogens (tertiary/aromatic N) is 2. The Labute approximate surface area is 174 Å². The first-order valence-corrected chi connectivity index (χ1v) is 9.53. The van der Waals surface area contributed by atoms with Crippen molar-refractivity contribution in [3.63, 3.8) is 0 Å². The molecule has 8 heteroatoms. The lowest BCUT2D eigenvalue weighted by Crippen LogP contribution is -2.40. The highest BCUT2D eigenvalue weighted by Gasteiger charge is 2.46. The van der Waals surface area contributed by atoms with Crippen LogP contribution in [0.5, 0.6) is 23.0 Å². The number of fused-ring (bicyclic) bond motifs is 2. The fourth-order valence-corrected chi connectivity index (χ4v) is 4.28. The highest BCUT2D eigenvalue weighted by Crippen LogP contribution is 2.40. The van der Waals surface area contributed by atoms with Crippen molar-refractivity contribution in [2.24, 2.45) is 0 Å². The molecule has 0 N–H and O–H groups in total. The number of hydrogen-bond acceptors (Lipinski definition) is 6. The van der Waals surface area contributed by atoms with Crippen molar-refractivity contribution in [1.82, 2.24) is 4.90 Å². The first kappa shape index (κ1) is 19.3. The molecular formula is C21H22N2O5S. The van der Waals surface area contributed by atoms with Crippen LogP contribution < -0.4 is 23.8 Å². The second-order valence-corrected chi connectivity index (χ2v) is 7.18. The van der Waals surface area contributed by atoms with Gasteiger partial charge >= 0.3 is 0 Å². The van der Waals surface area contributed by atoms with E-state index in [0.717, 1.165) is 11.1 Å². The molecule has 0 aromatic heterocycles. The fraction of sp³-hybridized carbons (Fsp3) is 0.333. The van der Waals surface area contributed by atoms with E-state index in [1.807, 2.05) is 17.0 Å². The van der Waals surface area contributed by atoms with E-state index in [-0.39, 0.29) is 11.9 Å². The number of ether oxygens (including phenoxy) is 4. The van der Waals surface area contributed by atoms with Gasteiger partial charge in [-0.15, -0.1) is 0 Å². The van der Waals surface area contributed by atoms with Crippen LogP contribution in [-0.4, -0.2) is 50.4 Å². The summed E-state index contributed by atoms with van der Waals surface area (Å²) in [6, 6.07) is 8.86. The van der Waals surface area contributed by atoms with Gasteiger partial charge in [0.05, 0.1) is 34.1 Å². The summed E-state index contributed by atoms with van der Waals surface area (Å²) < 4.78 is 21.6. The molecule has 1 atom stereocenters. The maximum atomic E-state index is 13.3. The zero-order chi connectivity index (χ0) is 20.7. The number of rotatable bonds is 5. The molecule has 2 aliphatic heterocycles. The van der Waals surface area contributed by atoms with Crippen molar-refractivity contribution in [1.29, 1.82) is 0 Å². The molecule has 1 saturated heterocycles. The minimum Gasteiger partial charge on any atom is -0.497 e. The molecule has 7 nitrogen and oxygen atoms in total. The Morgan fingerprint density at radius 3 is 2.17 bits per heavy atom. The molecule has 0 saturated carbocycles. The van der Waals surface area contributed by atoms with E-state index in [2.05, 4.69) is 0 Å². The number of anilines is 1. The van der Waals surface area contributed by atoms with E-state index in [1.165, 1.54) is 0 Å². The minimum atomic E-state index is -0.361. The molecule has 29 heavy (non-hydrogen) atoms. The third-order valence-electron chi connectivity index (χ3n) is 5.41. The molecule has 2 aromatic rings. The minimum absolute atomic E-state index is 0.0705. The predicted molar refractivity (Wildman–Crippen MR) is 112 cm³/mol. The normalized spacial score (nSPS) is 17.7. The molecule has 0 spiro atoms. The zero-order valence-electron chi connectivity index (χ0n) is 16.7. The molecule has 0 aliphatic carbocycles. The molecule has 152 valence electrons. The molecule has 1 fully saturated rings. The maximum Gasteiger partial charge on any atom is 0.256 e. The number of thiocarbonyl (C=S) groups is 1. The van der Waals surface area contributed by atoms with Crippen LogP contribution in [0.3, 0.4) is 0 Å².